The molecule has 0 unspecified atom stereocenters. The van der Waals surface area contributed by atoms with E-state index in [2.05, 4.69) is 11.5 Å². The van der Waals surface area contributed by atoms with Gasteiger partial charge >= 0.3 is 5.97 Å². The number of hydrogen-bond donors (Lipinski definition) is 1. The van der Waals surface area contributed by atoms with E-state index in [0.29, 0.717) is 38.2 Å². The molecule has 1 aromatic carbocycles. The highest BCUT2D eigenvalue weighted by atomic mass is 19.1. The highest BCUT2D eigenvalue weighted by Crippen LogP contribution is 2.43. The Hall–Kier alpha value is -2.21. The number of rotatable bonds is 6. The van der Waals surface area contributed by atoms with Gasteiger partial charge in [-0.25, -0.2) is 4.39 Å². The molecule has 1 amide bonds. The lowest BCUT2D eigenvalue weighted by atomic mass is 9.81. The van der Waals surface area contributed by atoms with Gasteiger partial charge < -0.3 is 10.0 Å². The minimum atomic E-state index is -0.892. The third-order valence-electron chi connectivity index (χ3n) is 5.41. The van der Waals surface area contributed by atoms with Gasteiger partial charge in [-0.05, 0) is 18.1 Å². The Labute approximate surface area is 146 Å². The second kappa shape index (κ2) is 6.96. The molecule has 0 aromatic heterocycles. The predicted octanol–water partition coefficient (Wildman–Crippen LogP) is 1.79. The van der Waals surface area contributed by atoms with Crippen molar-refractivity contribution < 1.29 is 19.1 Å². The van der Waals surface area contributed by atoms with Crippen LogP contribution in [0.1, 0.15) is 12.0 Å². The van der Waals surface area contributed by atoms with Crippen molar-refractivity contribution in [1.29, 1.82) is 0 Å². The first kappa shape index (κ1) is 17.6. The summed E-state index contributed by atoms with van der Waals surface area (Å²) in [5, 5.41) is 9.76. The van der Waals surface area contributed by atoms with Crippen molar-refractivity contribution in [2.24, 2.45) is 11.3 Å². The molecule has 1 aromatic rings. The number of carboxylic acids is 1. The standard InChI is InChI=1S/C19H23FN2O3/c1-2-9-21-10-15-11-22(13-19(15,12-21)18(24)25)17(23)8-7-14-5-3-4-6-16(14)20/h2-6,15H,1,7-13H2,(H,24,25)/t15-,19-/m1/s1. The Kier molecular flexibility index (Phi) is 4.90. The molecule has 2 heterocycles. The number of amides is 1. The van der Waals surface area contributed by atoms with Gasteiger partial charge in [0.25, 0.3) is 0 Å². The van der Waals surface area contributed by atoms with Crippen LogP contribution in [0, 0.1) is 17.2 Å². The maximum absolute atomic E-state index is 13.7. The number of likely N-dealkylation sites (tertiary alicyclic amines) is 2. The third kappa shape index (κ3) is 3.31. The lowest BCUT2D eigenvalue weighted by molar-refractivity contribution is -0.149. The summed E-state index contributed by atoms with van der Waals surface area (Å²) in [6, 6.07) is 6.42. The molecule has 2 fully saturated rings. The maximum atomic E-state index is 13.7. The van der Waals surface area contributed by atoms with Crippen molar-refractivity contribution >= 4 is 11.9 Å². The van der Waals surface area contributed by atoms with Gasteiger partial charge in [-0.1, -0.05) is 24.3 Å². The smallest absolute Gasteiger partial charge is 0.313 e. The largest absolute Gasteiger partial charge is 0.481 e. The van der Waals surface area contributed by atoms with Gasteiger partial charge in [-0.2, -0.15) is 0 Å². The fourth-order valence-electron chi connectivity index (χ4n) is 4.08. The predicted molar refractivity (Wildman–Crippen MR) is 91.5 cm³/mol. The number of aliphatic carboxylic acids is 1. The van der Waals surface area contributed by atoms with Gasteiger partial charge in [-0.15, -0.1) is 6.58 Å². The van der Waals surface area contributed by atoms with Crippen LogP contribution in [0.5, 0.6) is 0 Å². The molecular weight excluding hydrogens is 323 g/mol. The van der Waals surface area contributed by atoms with Crippen molar-refractivity contribution in [2.45, 2.75) is 12.8 Å². The number of aryl methyl sites for hydroxylation is 1. The first-order valence-electron chi connectivity index (χ1n) is 8.54. The zero-order chi connectivity index (χ0) is 18.0. The Balaban J connectivity index is 1.64. The molecule has 2 saturated heterocycles. The summed E-state index contributed by atoms with van der Waals surface area (Å²) >= 11 is 0. The van der Waals surface area contributed by atoms with E-state index in [0.717, 1.165) is 0 Å². The number of hydrogen-bond acceptors (Lipinski definition) is 3. The van der Waals surface area contributed by atoms with E-state index >= 15 is 0 Å². The molecule has 2 aliphatic rings. The van der Waals surface area contributed by atoms with Crippen molar-refractivity contribution in [3.8, 4) is 0 Å². The fourth-order valence-corrected chi connectivity index (χ4v) is 4.08. The van der Waals surface area contributed by atoms with Crippen LogP contribution in [0.4, 0.5) is 4.39 Å². The molecule has 1 N–H and O–H groups in total. The normalized spacial score (nSPS) is 25.8. The quantitative estimate of drug-likeness (QED) is 0.798. The van der Waals surface area contributed by atoms with E-state index in [9.17, 15) is 19.1 Å². The summed E-state index contributed by atoms with van der Waals surface area (Å²) in [5.74, 6) is -1.32. The van der Waals surface area contributed by atoms with Crippen LogP contribution in [-0.4, -0.2) is 59.5 Å². The van der Waals surface area contributed by atoms with Crippen molar-refractivity contribution in [3.63, 3.8) is 0 Å². The average molecular weight is 346 g/mol. The summed E-state index contributed by atoms with van der Waals surface area (Å²) in [4.78, 5) is 28.1. The molecule has 5 nitrogen and oxygen atoms in total. The summed E-state index contributed by atoms with van der Waals surface area (Å²) in [6.07, 6.45) is 2.29. The van der Waals surface area contributed by atoms with E-state index in [-0.39, 0.29) is 30.6 Å². The number of carboxylic acid groups (broad SMARTS) is 1. The summed E-state index contributed by atoms with van der Waals surface area (Å²) in [7, 11) is 0. The lowest BCUT2D eigenvalue weighted by Gasteiger charge is -2.25. The van der Waals surface area contributed by atoms with Gasteiger partial charge in [0, 0.05) is 45.1 Å². The maximum Gasteiger partial charge on any atom is 0.313 e. The minimum absolute atomic E-state index is 0.0673. The first-order chi connectivity index (χ1) is 12.0. The summed E-state index contributed by atoms with van der Waals surface area (Å²) < 4.78 is 13.7. The number of benzene rings is 1. The van der Waals surface area contributed by atoms with Gasteiger partial charge in [0.05, 0.1) is 0 Å². The zero-order valence-electron chi connectivity index (χ0n) is 14.2. The SMILES string of the molecule is C=CCN1C[C@@H]2CN(C(=O)CCc3ccccc3F)C[C@]2(C(=O)O)C1. The van der Waals surface area contributed by atoms with E-state index in [4.69, 9.17) is 0 Å². The molecule has 3 rings (SSSR count). The van der Waals surface area contributed by atoms with Crippen LogP contribution < -0.4 is 0 Å². The van der Waals surface area contributed by atoms with Gasteiger partial charge in [0.1, 0.15) is 11.2 Å². The fraction of sp³-hybridized carbons (Fsp3) is 0.474. The topological polar surface area (TPSA) is 60.9 Å². The average Bonchev–Trinajstić information content (AvgIpc) is 3.09. The molecule has 0 bridgehead atoms. The van der Waals surface area contributed by atoms with Gasteiger partial charge in [-0.3, -0.25) is 14.5 Å². The Morgan fingerprint density at radius 3 is 2.72 bits per heavy atom. The molecule has 2 aliphatic heterocycles. The number of carbonyl (C=O) groups is 2. The molecule has 0 spiro atoms. The van der Waals surface area contributed by atoms with Gasteiger partial charge in [0.2, 0.25) is 5.91 Å². The van der Waals surface area contributed by atoms with Crippen LogP contribution in [0.3, 0.4) is 0 Å². The first-order valence-corrected chi connectivity index (χ1v) is 8.54. The number of fused-ring (bicyclic) bond motifs is 1. The molecule has 2 atom stereocenters. The van der Waals surface area contributed by atoms with Crippen LogP contribution >= 0.6 is 0 Å². The van der Waals surface area contributed by atoms with Crippen LogP contribution in [-0.2, 0) is 16.0 Å². The van der Waals surface area contributed by atoms with E-state index in [1.54, 1.807) is 29.2 Å². The van der Waals surface area contributed by atoms with Crippen molar-refractivity contribution in [1.82, 2.24) is 9.80 Å². The van der Waals surface area contributed by atoms with E-state index < -0.39 is 11.4 Å². The molecule has 0 aliphatic carbocycles. The van der Waals surface area contributed by atoms with Crippen molar-refractivity contribution in [2.75, 3.05) is 32.7 Å². The molecule has 134 valence electrons. The number of halogens is 1. The molecule has 6 heteroatoms. The van der Waals surface area contributed by atoms with Crippen LogP contribution in [0.25, 0.3) is 0 Å². The molecular formula is C19H23FN2O3. The van der Waals surface area contributed by atoms with E-state index in [1.807, 2.05) is 0 Å². The number of carbonyl (C=O) groups excluding carboxylic acids is 1. The van der Waals surface area contributed by atoms with Crippen LogP contribution in [0.15, 0.2) is 36.9 Å². The second-order valence-electron chi connectivity index (χ2n) is 7.01. The zero-order valence-corrected chi connectivity index (χ0v) is 14.2. The molecule has 25 heavy (non-hydrogen) atoms. The second-order valence-corrected chi connectivity index (χ2v) is 7.01. The highest BCUT2D eigenvalue weighted by molar-refractivity contribution is 5.81. The number of nitrogens with zero attached hydrogens (tertiary/aromatic N) is 2. The highest BCUT2D eigenvalue weighted by Gasteiger charge is 2.58. The van der Waals surface area contributed by atoms with Gasteiger partial charge in [0.15, 0.2) is 0 Å². The lowest BCUT2D eigenvalue weighted by Crippen LogP contribution is -2.42. The minimum Gasteiger partial charge on any atom is -0.481 e. The van der Waals surface area contributed by atoms with Crippen molar-refractivity contribution in [3.05, 3.63) is 48.3 Å². The Bertz CT molecular complexity index is 693. The van der Waals surface area contributed by atoms with Crippen LogP contribution in [0.2, 0.25) is 0 Å². The summed E-state index contributed by atoms with van der Waals surface area (Å²) in [6.45, 7) is 6.15. The Morgan fingerprint density at radius 2 is 2.08 bits per heavy atom. The Morgan fingerprint density at radius 1 is 1.32 bits per heavy atom. The van der Waals surface area contributed by atoms with E-state index in [1.165, 1.54) is 6.07 Å². The molecule has 0 saturated carbocycles. The summed E-state index contributed by atoms with van der Waals surface area (Å²) in [5.41, 5.74) is -0.378. The monoisotopic (exact) mass is 346 g/mol. The third-order valence-corrected chi connectivity index (χ3v) is 5.41. The molecule has 0 radical (unpaired) electrons.